The zero-order chi connectivity index (χ0) is 12.6. The molecule has 0 aromatic rings. The average Bonchev–Trinajstić information content (AvgIpc) is 2.82. The van der Waals surface area contributed by atoms with Gasteiger partial charge in [0, 0.05) is 24.7 Å². The molecule has 0 aliphatic heterocycles. The second-order valence-electron chi connectivity index (χ2n) is 4.17. The van der Waals surface area contributed by atoms with Gasteiger partial charge in [-0.15, -0.1) is 4.89 Å². The summed E-state index contributed by atoms with van der Waals surface area (Å²) < 4.78 is 33.7. The van der Waals surface area contributed by atoms with E-state index in [1.165, 1.54) is 0 Å². The number of hydrogen-bond acceptors (Lipinski definition) is 6. The number of fused-ring (bicyclic) bond motifs is 2. The Morgan fingerprint density at radius 3 is 2.65 bits per heavy atom. The van der Waals surface area contributed by atoms with Crippen LogP contribution in [0.5, 0.6) is 0 Å². The van der Waals surface area contributed by atoms with Crippen LogP contribution < -0.4 is 0 Å². The topological polar surface area (TPSA) is 61.8 Å². The monoisotopic (exact) mass is 268 g/mol. The molecule has 2 rings (SSSR count). The molecular formula is C9H10F2O5S. The Morgan fingerprint density at radius 2 is 2.12 bits per heavy atom. The lowest BCUT2D eigenvalue weighted by Crippen LogP contribution is -2.40. The minimum atomic E-state index is -4.26. The molecule has 0 N–H and O–H groups in total. The van der Waals surface area contributed by atoms with Crippen LogP contribution in [0, 0.1) is 11.8 Å². The molecule has 96 valence electrons. The first-order valence-electron chi connectivity index (χ1n) is 5.07. The number of carbonyl (C=O) groups is 2. The number of halogens is 2. The van der Waals surface area contributed by atoms with Gasteiger partial charge in [0.15, 0.2) is 11.9 Å². The maximum absolute atomic E-state index is 12.9. The van der Waals surface area contributed by atoms with Crippen molar-refractivity contribution in [2.45, 2.75) is 31.5 Å². The number of carbonyl (C=O) groups excluding carboxylic acids is 2. The van der Waals surface area contributed by atoms with E-state index in [9.17, 15) is 18.4 Å². The van der Waals surface area contributed by atoms with Gasteiger partial charge in [-0.05, 0) is 19.3 Å². The standard InChI is InChI=1S/C9H10F2O5S/c10-9(11,15-16-17)8(13)14-7-5-2-1-4(3-5)6(7)12/h4-5,7,17H,1-3H2. The Labute approximate surface area is 101 Å². The molecular weight excluding hydrogens is 258 g/mol. The van der Waals surface area contributed by atoms with Crippen molar-refractivity contribution in [2.75, 3.05) is 0 Å². The summed E-state index contributed by atoms with van der Waals surface area (Å²) in [6.07, 6.45) is -3.28. The maximum Gasteiger partial charge on any atom is 0.483 e. The highest BCUT2D eigenvalue weighted by atomic mass is 32.1. The molecule has 0 spiro atoms. The Bertz CT molecular complexity index is 348. The second kappa shape index (κ2) is 4.51. The highest BCUT2D eigenvalue weighted by Crippen LogP contribution is 2.44. The number of ether oxygens (including phenoxy) is 1. The molecule has 0 amide bonds. The third-order valence-electron chi connectivity index (χ3n) is 3.20. The molecule has 2 fully saturated rings. The first kappa shape index (κ1) is 12.7. The third-order valence-corrected chi connectivity index (χ3v) is 3.27. The molecule has 0 aromatic heterocycles. The molecule has 3 atom stereocenters. The fraction of sp³-hybridized carbons (Fsp3) is 0.778. The SMILES string of the molecule is O=C1C2CCC(C2)C1OC(=O)C(F)(F)OOS. The van der Waals surface area contributed by atoms with Crippen LogP contribution in [-0.2, 0) is 23.5 Å². The molecule has 2 saturated carbocycles. The van der Waals surface area contributed by atoms with Gasteiger partial charge in [-0.1, -0.05) is 0 Å². The van der Waals surface area contributed by atoms with E-state index >= 15 is 0 Å². The predicted octanol–water partition coefficient (Wildman–Crippen LogP) is 1.28. The summed E-state index contributed by atoms with van der Waals surface area (Å²) in [5.74, 6) is -2.52. The molecule has 0 saturated heterocycles. The zero-order valence-electron chi connectivity index (χ0n) is 8.60. The number of rotatable bonds is 4. The van der Waals surface area contributed by atoms with Crippen LogP contribution in [0.4, 0.5) is 8.78 Å². The van der Waals surface area contributed by atoms with Gasteiger partial charge in [0.2, 0.25) is 0 Å². The maximum atomic E-state index is 12.9. The van der Waals surface area contributed by atoms with Gasteiger partial charge in [0.25, 0.3) is 0 Å². The second-order valence-corrected chi connectivity index (χ2v) is 4.32. The van der Waals surface area contributed by atoms with Crippen molar-refractivity contribution in [3.63, 3.8) is 0 Å². The first-order chi connectivity index (χ1) is 7.95. The summed E-state index contributed by atoms with van der Waals surface area (Å²) in [6.45, 7) is 0. The van der Waals surface area contributed by atoms with Crippen molar-refractivity contribution >= 4 is 24.7 Å². The molecule has 2 aliphatic rings. The predicted molar refractivity (Wildman–Crippen MR) is 51.8 cm³/mol. The van der Waals surface area contributed by atoms with Crippen LogP contribution in [-0.4, -0.2) is 24.0 Å². The Kier molecular flexibility index (Phi) is 3.37. The van der Waals surface area contributed by atoms with Crippen molar-refractivity contribution in [2.24, 2.45) is 11.8 Å². The van der Waals surface area contributed by atoms with E-state index in [0.29, 0.717) is 12.8 Å². The molecule has 3 unspecified atom stereocenters. The smallest absolute Gasteiger partial charge is 0.448 e. The van der Waals surface area contributed by atoms with E-state index in [0.717, 1.165) is 6.42 Å². The van der Waals surface area contributed by atoms with Crippen LogP contribution in [0.15, 0.2) is 0 Å². The van der Waals surface area contributed by atoms with Gasteiger partial charge in [0.05, 0.1) is 0 Å². The van der Waals surface area contributed by atoms with Gasteiger partial charge in [-0.2, -0.15) is 13.1 Å². The lowest BCUT2D eigenvalue weighted by Gasteiger charge is -2.22. The summed E-state index contributed by atoms with van der Waals surface area (Å²) in [5, 5.41) is 0. The van der Waals surface area contributed by atoms with Crippen LogP contribution in [0.25, 0.3) is 0 Å². The van der Waals surface area contributed by atoms with E-state index in [1.54, 1.807) is 0 Å². The zero-order valence-corrected chi connectivity index (χ0v) is 9.49. The number of esters is 1. The summed E-state index contributed by atoms with van der Waals surface area (Å²) in [7, 11) is 0. The van der Waals surface area contributed by atoms with Crippen LogP contribution in [0.3, 0.4) is 0 Å². The molecule has 17 heavy (non-hydrogen) atoms. The van der Waals surface area contributed by atoms with Crippen LogP contribution >= 0.6 is 12.9 Å². The highest BCUT2D eigenvalue weighted by Gasteiger charge is 2.53. The Hall–Kier alpha value is -0.730. The minimum absolute atomic E-state index is 0.149. The summed E-state index contributed by atoms with van der Waals surface area (Å²) in [6, 6.07) is 0. The fourth-order valence-electron chi connectivity index (χ4n) is 2.43. The van der Waals surface area contributed by atoms with Crippen molar-refractivity contribution in [1.29, 1.82) is 0 Å². The lowest BCUT2D eigenvalue weighted by molar-refractivity contribution is -0.370. The van der Waals surface area contributed by atoms with Gasteiger partial charge in [0.1, 0.15) is 0 Å². The molecule has 8 heteroatoms. The van der Waals surface area contributed by atoms with E-state index in [2.05, 4.69) is 26.9 Å². The van der Waals surface area contributed by atoms with Gasteiger partial charge in [-0.3, -0.25) is 4.79 Å². The summed E-state index contributed by atoms with van der Waals surface area (Å²) >= 11 is 2.94. The number of hydrogen-bond donors (Lipinski definition) is 1. The number of ketones is 1. The first-order valence-corrected chi connectivity index (χ1v) is 5.44. The summed E-state index contributed by atoms with van der Waals surface area (Å²) in [4.78, 5) is 26.0. The quantitative estimate of drug-likeness (QED) is 0.274. The van der Waals surface area contributed by atoms with Crippen LogP contribution in [0.2, 0.25) is 0 Å². The highest BCUT2D eigenvalue weighted by molar-refractivity contribution is 7.74. The van der Waals surface area contributed by atoms with E-state index in [1.807, 2.05) is 0 Å². The van der Waals surface area contributed by atoms with Crippen molar-refractivity contribution in [3.05, 3.63) is 0 Å². The normalized spacial score (nSPS) is 31.9. The van der Waals surface area contributed by atoms with E-state index in [4.69, 9.17) is 0 Å². The largest absolute Gasteiger partial charge is 0.483 e. The van der Waals surface area contributed by atoms with Gasteiger partial charge in [-0.25, -0.2) is 4.79 Å². The van der Waals surface area contributed by atoms with E-state index in [-0.39, 0.29) is 17.6 Å². The molecule has 2 aliphatic carbocycles. The van der Waals surface area contributed by atoms with Crippen LogP contribution in [0.1, 0.15) is 19.3 Å². The van der Waals surface area contributed by atoms with Crippen molar-refractivity contribution in [1.82, 2.24) is 0 Å². The Balaban J connectivity index is 1.98. The van der Waals surface area contributed by atoms with Gasteiger partial charge < -0.3 is 4.74 Å². The van der Waals surface area contributed by atoms with Crippen molar-refractivity contribution in [3.8, 4) is 0 Å². The number of thiol groups is 1. The molecule has 0 radical (unpaired) electrons. The van der Waals surface area contributed by atoms with Crippen molar-refractivity contribution < 1.29 is 32.3 Å². The fourth-order valence-corrected chi connectivity index (χ4v) is 2.53. The minimum Gasteiger partial charge on any atom is -0.448 e. The molecule has 5 nitrogen and oxygen atoms in total. The molecule has 0 aromatic carbocycles. The lowest BCUT2D eigenvalue weighted by atomic mass is 9.96. The molecule has 0 heterocycles. The number of Topliss-reactive ketones (excluding diaryl/α,β-unsaturated/α-hetero) is 1. The van der Waals surface area contributed by atoms with E-state index < -0.39 is 18.2 Å². The third kappa shape index (κ3) is 2.29. The van der Waals surface area contributed by atoms with Gasteiger partial charge >= 0.3 is 12.1 Å². The Morgan fingerprint density at radius 1 is 1.41 bits per heavy atom. The molecule has 2 bridgehead atoms. The summed E-state index contributed by atoms with van der Waals surface area (Å²) in [5.41, 5.74) is 0. The number of alkyl halides is 2. The average molecular weight is 268 g/mol.